The highest BCUT2D eigenvalue weighted by molar-refractivity contribution is 6.99. The standard InChI is InChI=1S/C38H46O5Si/c1-30(35(37(39)40-5)26-31-18-10-6-11-19-31)36(42-29-41-27-32-20-12-7-13-21-32)28-43-44(38(2,3)4,33-22-14-8-15-23-33)34-24-16-9-17-25-34/h6-25,30,35-36H,26-29H2,1-5H3/t30-,35-,36+/m0/s1. The summed E-state index contributed by atoms with van der Waals surface area (Å²) in [5.74, 6) is -0.906. The van der Waals surface area contributed by atoms with Gasteiger partial charge in [0.1, 0.15) is 6.79 Å². The minimum atomic E-state index is -2.84. The minimum absolute atomic E-state index is 0.0766. The fraction of sp³-hybridized carbons (Fsp3) is 0.342. The molecule has 0 radical (unpaired) electrons. The van der Waals surface area contributed by atoms with Crippen molar-refractivity contribution in [2.75, 3.05) is 20.5 Å². The number of hydrogen-bond acceptors (Lipinski definition) is 5. The fourth-order valence-corrected chi connectivity index (χ4v) is 10.5. The van der Waals surface area contributed by atoms with E-state index in [0.29, 0.717) is 19.6 Å². The maximum Gasteiger partial charge on any atom is 0.309 e. The lowest BCUT2D eigenvalue weighted by molar-refractivity contribution is -0.156. The molecule has 4 rings (SSSR count). The topological polar surface area (TPSA) is 54.0 Å². The molecule has 0 spiro atoms. The van der Waals surface area contributed by atoms with Gasteiger partial charge < -0.3 is 18.6 Å². The first-order valence-electron chi connectivity index (χ1n) is 15.4. The van der Waals surface area contributed by atoms with Crippen molar-refractivity contribution in [3.63, 3.8) is 0 Å². The van der Waals surface area contributed by atoms with Gasteiger partial charge >= 0.3 is 5.97 Å². The summed E-state index contributed by atoms with van der Waals surface area (Å²) in [6, 6.07) is 41.2. The summed E-state index contributed by atoms with van der Waals surface area (Å²) in [4.78, 5) is 13.2. The molecule has 0 N–H and O–H groups in total. The summed E-state index contributed by atoms with van der Waals surface area (Å²) in [6.45, 7) is 9.64. The third-order valence-electron chi connectivity index (χ3n) is 8.38. The molecule has 0 saturated carbocycles. The van der Waals surface area contributed by atoms with Gasteiger partial charge in [-0.15, -0.1) is 0 Å². The van der Waals surface area contributed by atoms with Crippen LogP contribution in [0, 0.1) is 11.8 Å². The Morgan fingerprint density at radius 1 is 0.727 bits per heavy atom. The molecule has 0 unspecified atom stereocenters. The van der Waals surface area contributed by atoms with Crippen LogP contribution in [0.1, 0.15) is 38.8 Å². The predicted molar refractivity (Wildman–Crippen MR) is 179 cm³/mol. The number of methoxy groups -OCH3 is 1. The Hall–Kier alpha value is -3.55. The number of ether oxygens (including phenoxy) is 3. The zero-order chi connectivity index (χ0) is 31.4. The average molecular weight is 611 g/mol. The van der Waals surface area contributed by atoms with E-state index in [1.807, 2.05) is 72.8 Å². The van der Waals surface area contributed by atoms with Gasteiger partial charge in [-0.2, -0.15) is 0 Å². The van der Waals surface area contributed by atoms with E-state index in [2.05, 4.69) is 76.2 Å². The van der Waals surface area contributed by atoms with Crippen LogP contribution in [0.3, 0.4) is 0 Å². The largest absolute Gasteiger partial charge is 0.469 e. The molecule has 4 aromatic carbocycles. The zero-order valence-electron chi connectivity index (χ0n) is 26.6. The summed E-state index contributed by atoms with van der Waals surface area (Å²) in [5.41, 5.74) is 2.14. The van der Waals surface area contributed by atoms with Gasteiger partial charge in [0.05, 0.1) is 32.3 Å². The number of carbonyl (C=O) groups excluding carboxylic acids is 1. The Balaban J connectivity index is 1.66. The van der Waals surface area contributed by atoms with E-state index in [-0.39, 0.29) is 23.7 Å². The van der Waals surface area contributed by atoms with Crippen LogP contribution < -0.4 is 10.4 Å². The monoisotopic (exact) mass is 610 g/mol. The highest BCUT2D eigenvalue weighted by Crippen LogP contribution is 2.37. The molecule has 0 fully saturated rings. The number of esters is 1. The Morgan fingerprint density at radius 3 is 1.68 bits per heavy atom. The maximum atomic E-state index is 13.2. The number of benzene rings is 4. The molecule has 4 aromatic rings. The van der Waals surface area contributed by atoms with E-state index < -0.39 is 20.3 Å². The van der Waals surface area contributed by atoms with Crippen molar-refractivity contribution in [3.8, 4) is 0 Å². The summed E-state index contributed by atoms with van der Waals surface area (Å²) in [6.07, 6.45) is 0.110. The number of rotatable bonds is 15. The molecule has 0 bridgehead atoms. The van der Waals surface area contributed by atoms with E-state index >= 15 is 0 Å². The van der Waals surface area contributed by atoms with Gasteiger partial charge in [-0.3, -0.25) is 4.79 Å². The molecule has 3 atom stereocenters. The molecule has 232 valence electrons. The van der Waals surface area contributed by atoms with Crippen molar-refractivity contribution in [1.29, 1.82) is 0 Å². The summed E-state index contributed by atoms with van der Waals surface area (Å²) in [7, 11) is -1.39. The smallest absolute Gasteiger partial charge is 0.309 e. The highest BCUT2D eigenvalue weighted by atomic mass is 28.4. The minimum Gasteiger partial charge on any atom is -0.469 e. The van der Waals surface area contributed by atoms with Crippen LogP contribution in [-0.2, 0) is 36.5 Å². The highest BCUT2D eigenvalue weighted by Gasteiger charge is 2.51. The van der Waals surface area contributed by atoms with Gasteiger partial charge in [-0.25, -0.2) is 0 Å². The second-order valence-electron chi connectivity index (χ2n) is 12.3. The van der Waals surface area contributed by atoms with Gasteiger partial charge in [0.2, 0.25) is 0 Å². The molecule has 44 heavy (non-hydrogen) atoms. The van der Waals surface area contributed by atoms with Crippen molar-refractivity contribution in [1.82, 2.24) is 0 Å². The van der Waals surface area contributed by atoms with Gasteiger partial charge in [0, 0.05) is 0 Å². The molecule has 5 nitrogen and oxygen atoms in total. The van der Waals surface area contributed by atoms with Gasteiger partial charge in [0.15, 0.2) is 0 Å². The molecule has 0 saturated heterocycles. The normalized spacial score (nSPS) is 14.0. The van der Waals surface area contributed by atoms with Crippen LogP contribution in [-0.4, -0.2) is 40.9 Å². The predicted octanol–water partition coefficient (Wildman–Crippen LogP) is 6.79. The lowest BCUT2D eigenvalue weighted by Crippen LogP contribution is -2.67. The Morgan fingerprint density at radius 2 is 1.20 bits per heavy atom. The quantitative estimate of drug-likeness (QED) is 0.0642. The molecule has 0 aliphatic carbocycles. The summed E-state index contributed by atoms with van der Waals surface area (Å²) in [5, 5.41) is 2.19. The summed E-state index contributed by atoms with van der Waals surface area (Å²) >= 11 is 0. The van der Waals surface area contributed by atoms with Crippen molar-refractivity contribution < 1.29 is 23.4 Å². The first-order valence-corrected chi connectivity index (χ1v) is 17.3. The van der Waals surface area contributed by atoms with Crippen LogP contribution in [0.5, 0.6) is 0 Å². The van der Waals surface area contributed by atoms with Crippen molar-refractivity contribution in [2.45, 2.75) is 51.9 Å². The Bertz CT molecular complexity index is 1350. The first-order chi connectivity index (χ1) is 21.3. The van der Waals surface area contributed by atoms with Crippen molar-refractivity contribution in [3.05, 3.63) is 132 Å². The fourth-order valence-electron chi connectivity index (χ4n) is 5.95. The van der Waals surface area contributed by atoms with Crippen LogP contribution >= 0.6 is 0 Å². The lowest BCUT2D eigenvalue weighted by atomic mass is 9.84. The lowest BCUT2D eigenvalue weighted by Gasteiger charge is -2.44. The molecule has 0 heterocycles. The molecule has 6 heteroatoms. The number of hydrogen-bond donors (Lipinski definition) is 0. The zero-order valence-corrected chi connectivity index (χ0v) is 27.6. The SMILES string of the molecule is COC(=O)[C@@H](Cc1ccccc1)[C@H](C)[C@@H](CO[Si](c1ccccc1)(c1ccccc1)C(C)(C)C)OCOCc1ccccc1. The van der Waals surface area contributed by atoms with E-state index in [4.69, 9.17) is 18.6 Å². The second kappa shape index (κ2) is 16.0. The Kier molecular flexibility index (Phi) is 12.1. The van der Waals surface area contributed by atoms with E-state index in [1.165, 1.54) is 17.5 Å². The van der Waals surface area contributed by atoms with Crippen molar-refractivity contribution >= 4 is 24.7 Å². The summed E-state index contributed by atoms with van der Waals surface area (Å²) < 4.78 is 25.1. The second-order valence-corrected chi connectivity index (χ2v) is 16.6. The first kappa shape index (κ1) is 33.3. The van der Waals surface area contributed by atoms with E-state index in [9.17, 15) is 4.79 Å². The van der Waals surface area contributed by atoms with Gasteiger partial charge in [0.25, 0.3) is 8.32 Å². The number of carbonyl (C=O) groups is 1. The van der Waals surface area contributed by atoms with Gasteiger partial charge in [-0.1, -0.05) is 149 Å². The third kappa shape index (κ3) is 8.33. The molecule has 0 amide bonds. The van der Waals surface area contributed by atoms with Crippen LogP contribution in [0.2, 0.25) is 5.04 Å². The molecular formula is C38H46O5Si. The Labute approximate surface area is 264 Å². The van der Waals surface area contributed by atoms with E-state index in [1.54, 1.807) is 0 Å². The van der Waals surface area contributed by atoms with Crippen LogP contribution in [0.4, 0.5) is 0 Å². The van der Waals surface area contributed by atoms with Crippen LogP contribution in [0.15, 0.2) is 121 Å². The van der Waals surface area contributed by atoms with Gasteiger partial charge in [-0.05, 0) is 38.9 Å². The van der Waals surface area contributed by atoms with Crippen LogP contribution in [0.25, 0.3) is 0 Å². The van der Waals surface area contributed by atoms with E-state index in [0.717, 1.165) is 11.1 Å². The van der Waals surface area contributed by atoms with Crippen molar-refractivity contribution in [2.24, 2.45) is 11.8 Å². The molecular weight excluding hydrogens is 564 g/mol. The molecule has 0 aliphatic heterocycles. The third-order valence-corrected chi connectivity index (χ3v) is 13.4. The average Bonchev–Trinajstić information content (AvgIpc) is 3.05. The molecule has 0 aromatic heterocycles. The molecule has 0 aliphatic rings. The maximum absolute atomic E-state index is 13.2.